The Labute approximate surface area is 121 Å². The van der Waals surface area contributed by atoms with Gasteiger partial charge in [-0.1, -0.05) is 20.3 Å². The first-order chi connectivity index (χ1) is 9.25. The van der Waals surface area contributed by atoms with E-state index in [0.717, 1.165) is 17.8 Å². The van der Waals surface area contributed by atoms with Crippen LogP contribution < -0.4 is 0 Å². The van der Waals surface area contributed by atoms with Gasteiger partial charge < -0.3 is 0 Å². The smallest absolute Gasteiger partial charge is 0.0489 e. The highest BCUT2D eigenvalue weighted by Crippen LogP contribution is 2.21. The average Bonchev–Trinajstić information content (AvgIpc) is 2.90. The Balaban J connectivity index is 1.75. The molecule has 1 unspecified atom stereocenters. The van der Waals surface area contributed by atoms with Crippen LogP contribution in [0.1, 0.15) is 39.5 Å². The zero-order valence-corrected chi connectivity index (χ0v) is 13.1. The molecule has 2 rings (SSSR count). The van der Waals surface area contributed by atoms with Gasteiger partial charge in [-0.3, -0.25) is 9.58 Å². The van der Waals surface area contributed by atoms with E-state index < -0.39 is 0 Å². The molecule has 1 atom stereocenters. The fraction of sp³-hybridized carbons (Fsp3) is 0.800. The molecule has 1 aliphatic heterocycles. The Kier molecular flexibility index (Phi) is 6.24. The Hall–Kier alpha value is -0.480. The van der Waals surface area contributed by atoms with Crippen LogP contribution in [0.25, 0.3) is 0 Å². The molecular formula is C15H27N3S. The predicted octanol–water partition coefficient (Wildman–Crippen LogP) is 3.27. The summed E-state index contributed by atoms with van der Waals surface area (Å²) in [6, 6.07) is 2.78. The highest BCUT2D eigenvalue weighted by Gasteiger charge is 2.21. The van der Waals surface area contributed by atoms with Crippen LogP contribution in [0.5, 0.6) is 0 Å². The molecule has 0 aliphatic carbocycles. The second-order valence-corrected chi connectivity index (χ2v) is 7.35. The zero-order valence-electron chi connectivity index (χ0n) is 12.3. The molecule has 2 heterocycles. The van der Waals surface area contributed by atoms with E-state index in [1.165, 1.54) is 44.5 Å². The van der Waals surface area contributed by atoms with Gasteiger partial charge in [-0.15, -0.1) is 0 Å². The maximum absolute atomic E-state index is 4.31. The summed E-state index contributed by atoms with van der Waals surface area (Å²) in [6.07, 6.45) is 9.34. The van der Waals surface area contributed by atoms with Gasteiger partial charge in [0, 0.05) is 37.3 Å². The lowest BCUT2D eigenvalue weighted by Gasteiger charge is -2.35. The van der Waals surface area contributed by atoms with Crippen LogP contribution >= 0.6 is 11.8 Å². The summed E-state index contributed by atoms with van der Waals surface area (Å²) in [7, 11) is 0. The molecule has 0 radical (unpaired) electrons. The van der Waals surface area contributed by atoms with E-state index in [2.05, 4.69) is 46.5 Å². The van der Waals surface area contributed by atoms with Gasteiger partial charge in [-0.05, 0) is 37.1 Å². The van der Waals surface area contributed by atoms with Crippen molar-refractivity contribution in [2.75, 3.05) is 18.8 Å². The molecule has 0 saturated carbocycles. The van der Waals surface area contributed by atoms with Crippen molar-refractivity contribution in [2.24, 2.45) is 0 Å². The molecule has 0 aromatic carbocycles. The molecule has 0 bridgehead atoms. The molecule has 3 nitrogen and oxygen atoms in total. The van der Waals surface area contributed by atoms with Crippen molar-refractivity contribution in [2.45, 2.75) is 57.4 Å². The van der Waals surface area contributed by atoms with Crippen molar-refractivity contribution in [1.29, 1.82) is 0 Å². The minimum Gasteiger partial charge on any atom is -0.300 e. The maximum atomic E-state index is 4.31. The average molecular weight is 281 g/mol. The minimum absolute atomic E-state index is 0.757. The summed E-state index contributed by atoms with van der Waals surface area (Å²) in [6.45, 7) is 8.19. The maximum Gasteiger partial charge on any atom is 0.0489 e. The van der Waals surface area contributed by atoms with Gasteiger partial charge in [0.25, 0.3) is 0 Å². The number of aromatic nitrogens is 2. The van der Waals surface area contributed by atoms with Crippen molar-refractivity contribution in [3.8, 4) is 0 Å². The normalized spacial score (nSPS) is 21.1. The third kappa shape index (κ3) is 5.19. The monoisotopic (exact) mass is 281 g/mol. The number of nitrogens with zero attached hydrogens (tertiary/aromatic N) is 3. The summed E-state index contributed by atoms with van der Waals surface area (Å²) in [5, 5.41) is 5.06. The molecule has 4 heteroatoms. The van der Waals surface area contributed by atoms with Crippen LogP contribution in [0.15, 0.2) is 18.5 Å². The van der Waals surface area contributed by atoms with Gasteiger partial charge >= 0.3 is 0 Å². The minimum atomic E-state index is 0.757. The van der Waals surface area contributed by atoms with Gasteiger partial charge in [0.1, 0.15) is 0 Å². The molecule has 0 spiro atoms. The van der Waals surface area contributed by atoms with Gasteiger partial charge in [-0.25, -0.2) is 0 Å². The van der Waals surface area contributed by atoms with Gasteiger partial charge in [0.15, 0.2) is 0 Å². The molecule has 19 heavy (non-hydrogen) atoms. The van der Waals surface area contributed by atoms with E-state index in [1.807, 2.05) is 12.3 Å². The lowest BCUT2D eigenvalue weighted by Crippen LogP contribution is -2.41. The first-order valence-corrected chi connectivity index (χ1v) is 8.63. The third-order valence-electron chi connectivity index (χ3n) is 3.83. The van der Waals surface area contributed by atoms with E-state index in [9.17, 15) is 0 Å². The fourth-order valence-corrected chi connectivity index (χ4v) is 3.61. The van der Waals surface area contributed by atoms with Crippen LogP contribution in [-0.2, 0) is 6.54 Å². The van der Waals surface area contributed by atoms with Crippen molar-refractivity contribution < 1.29 is 0 Å². The Bertz CT molecular complexity index is 337. The number of hydrogen-bond donors (Lipinski definition) is 0. The van der Waals surface area contributed by atoms with Crippen LogP contribution in [0, 0.1) is 0 Å². The number of aryl methyl sites for hydroxylation is 1. The van der Waals surface area contributed by atoms with Crippen LogP contribution in [-0.4, -0.2) is 44.8 Å². The van der Waals surface area contributed by atoms with E-state index >= 15 is 0 Å². The quantitative estimate of drug-likeness (QED) is 0.765. The predicted molar refractivity (Wildman–Crippen MR) is 83.7 cm³/mol. The lowest BCUT2D eigenvalue weighted by molar-refractivity contribution is 0.144. The standard InChI is InChI=1S/C15H27N3S/c1-14(2)19-13-12-17-9-4-3-6-15(17)7-11-18-10-5-8-16-18/h5,8,10,14-15H,3-4,6-7,9,11-13H2,1-2H3. The van der Waals surface area contributed by atoms with Gasteiger partial charge in [-0.2, -0.15) is 16.9 Å². The molecule has 1 aliphatic rings. The SMILES string of the molecule is CC(C)SCCN1CCCCC1CCn1cccn1. The summed E-state index contributed by atoms with van der Waals surface area (Å²) >= 11 is 2.08. The van der Waals surface area contributed by atoms with Gasteiger partial charge in [0.05, 0.1) is 0 Å². The molecule has 1 saturated heterocycles. The second-order valence-electron chi connectivity index (χ2n) is 5.66. The summed E-state index contributed by atoms with van der Waals surface area (Å²) in [4.78, 5) is 2.71. The summed E-state index contributed by atoms with van der Waals surface area (Å²) in [5.74, 6) is 1.27. The first-order valence-electron chi connectivity index (χ1n) is 7.59. The molecule has 1 fully saturated rings. The highest BCUT2D eigenvalue weighted by atomic mass is 32.2. The highest BCUT2D eigenvalue weighted by molar-refractivity contribution is 7.99. The topological polar surface area (TPSA) is 21.1 Å². The molecule has 0 amide bonds. The molecule has 1 aromatic heterocycles. The Morgan fingerprint density at radius 1 is 1.32 bits per heavy atom. The summed E-state index contributed by atoms with van der Waals surface area (Å²) < 4.78 is 2.07. The molecule has 1 aromatic rings. The van der Waals surface area contributed by atoms with Crippen molar-refractivity contribution in [3.05, 3.63) is 18.5 Å². The number of rotatable bonds is 7. The van der Waals surface area contributed by atoms with E-state index in [-0.39, 0.29) is 0 Å². The summed E-state index contributed by atoms with van der Waals surface area (Å²) in [5.41, 5.74) is 0. The zero-order chi connectivity index (χ0) is 13.5. The second kappa shape index (κ2) is 7.95. The fourth-order valence-electron chi connectivity index (χ4n) is 2.80. The largest absolute Gasteiger partial charge is 0.300 e. The van der Waals surface area contributed by atoms with Gasteiger partial charge in [0.2, 0.25) is 0 Å². The van der Waals surface area contributed by atoms with Crippen LogP contribution in [0.3, 0.4) is 0 Å². The van der Waals surface area contributed by atoms with Crippen molar-refractivity contribution >= 4 is 11.8 Å². The third-order valence-corrected chi connectivity index (χ3v) is 4.91. The van der Waals surface area contributed by atoms with E-state index in [1.54, 1.807) is 0 Å². The Morgan fingerprint density at radius 3 is 2.95 bits per heavy atom. The molecule has 108 valence electrons. The van der Waals surface area contributed by atoms with Crippen LogP contribution in [0.4, 0.5) is 0 Å². The molecular weight excluding hydrogens is 254 g/mol. The number of likely N-dealkylation sites (tertiary alicyclic amines) is 1. The van der Waals surface area contributed by atoms with Crippen molar-refractivity contribution in [1.82, 2.24) is 14.7 Å². The van der Waals surface area contributed by atoms with E-state index in [0.29, 0.717) is 0 Å². The van der Waals surface area contributed by atoms with Crippen LogP contribution in [0.2, 0.25) is 0 Å². The lowest BCUT2D eigenvalue weighted by atomic mass is 9.99. The number of hydrogen-bond acceptors (Lipinski definition) is 3. The van der Waals surface area contributed by atoms with Crippen molar-refractivity contribution in [3.63, 3.8) is 0 Å². The number of thioether (sulfide) groups is 1. The Morgan fingerprint density at radius 2 is 2.21 bits per heavy atom. The van der Waals surface area contributed by atoms with E-state index in [4.69, 9.17) is 0 Å². The number of piperidine rings is 1. The first kappa shape index (κ1) is 14.9. The molecule has 0 N–H and O–H groups in total.